The molecular formula is C20H20N2OS. The first-order valence-corrected chi connectivity index (χ1v) is 9.19. The highest BCUT2D eigenvalue weighted by molar-refractivity contribution is 7.10. The molecule has 0 bridgehead atoms. The van der Waals surface area contributed by atoms with Crippen molar-refractivity contribution in [3.63, 3.8) is 0 Å². The molecule has 1 unspecified atom stereocenters. The summed E-state index contributed by atoms with van der Waals surface area (Å²) < 4.78 is 2.14. The standard InChI is InChI=1S/C20H20N2OS/c23-20(22-12-9-16-6-1-2-7-17(16)15-22)14-18(19-8-5-13-24-19)21-10-3-4-11-21/h1-8,10-11,13,18H,9,12,14-15H2. The Morgan fingerprint density at radius 2 is 1.83 bits per heavy atom. The van der Waals surface area contributed by atoms with Crippen molar-refractivity contribution in [2.75, 3.05) is 6.54 Å². The lowest BCUT2D eigenvalue weighted by atomic mass is 9.99. The van der Waals surface area contributed by atoms with Gasteiger partial charge < -0.3 is 9.47 Å². The molecule has 1 aliphatic rings. The average Bonchev–Trinajstić information content (AvgIpc) is 3.33. The molecule has 1 aromatic carbocycles. The van der Waals surface area contributed by atoms with E-state index in [0.717, 1.165) is 19.5 Å². The smallest absolute Gasteiger partial charge is 0.225 e. The molecule has 0 saturated carbocycles. The molecule has 1 atom stereocenters. The van der Waals surface area contributed by atoms with Gasteiger partial charge in [0.1, 0.15) is 0 Å². The number of rotatable bonds is 4. The lowest BCUT2D eigenvalue weighted by Gasteiger charge is -2.30. The number of benzene rings is 1. The molecule has 24 heavy (non-hydrogen) atoms. The zero-order chi connectivity index (χ0) is 16.4. The molecule has 3 nitrogen and oxygen atoms in total. The topological polar surface area (TPSA) is 25.2 Å². The maximum atomic E-state index is 12.9. The normalized spacial score (nSPS) is 15.1. The Hall–Kier alpha value is -2.33. The Bertz CT molecular complexity index is 774. The maximum absolute atomic E-state index is 12.9. The Morgan fingerprint density at radius 3 is 2.58 bits per heavy atom. The molecule has 2 aromatic heterocycles. The predicted octanol–water partition coefficient (Wildman–Crippen LogP) is 4.11. The number of amides is 1. The number of nitrogens with zero attached hydrogens (tertiary/aromatic N) is 2. The summed E-state index contributed by atoms with van der Waals surface area (Å²) in [5.74, 6) is 0.233. The van der Waals surface area contributed by atoms with Crippen molar-refractivity contribution in [3.8, 4) is 0 Å². The van der Waals surface area contributed by atoms with E-state index < -0.39 is 0 Å². The van der Waals surface area contributed by atoms with Gasteiger partial charge in [-0.15, -0.1) is 11.3 Å². The number of hydrogen-bond acceptors (Lipinski definition) is 2. The van der Waals surface area contributed by atoms with E-state index >= 15 is 0 Å². The fourth-order valence-electron chi connectivity index (χ4n) is 3.39. The molecule has 122 valence electrons. The van der Waals surface area contributed by atoms with Gasteiger partial charge in [0.25, 0.3) is 0 Å². The zero-order valence-electron chi connectivity index (χ0n) is 13.5. The minimum Gasteiger partial charge on any atom is -0.346 e. The molecule has 4 rings (SSSR count). The van der Waals surface area contributed by atoms with Crippen LogP contribution in [0.1, 0.15) is 28.5 Å². The van der Waals surface area contributed by atoms with Crippen molar-refractivity contribution in [1.29, 1.82) is 0 Å². The third-order valence-corrected chi connectivity index (χ3v) is 5.68. The molecule has 0 saturated heterocycles. The summed E-state index contributed by atoms with van der Waals surface area (Å²) in [7, 11) is 0. The summed E-state index contributed by atoms with van der Waals surface area (Å²) in [5.41, 5.74) is 2.66. The van der Waals surface area contributed by atoms with Crippen LogP contribution < -0.4 is 0 Å². The minimum absolute atomic E-state index is 0.0877. The average molecular weight is 336 g/mol. The molecule has 1 aliphatic heterocycles. The van der Waals surface area contributed by atoms with E-state index in [1.54, 1.807) is 11.3 Å². The Labute approximate surface area is 146 Å². The van der Waals surface area contributed by atoms with Crippen LogP contribution in [0.3, 0.4) is 0 Å². The summed E-state index contributed by atoms with van der Waals surface area (Å²) in [6.07, 6.45) is 5.55. The number of hydrogen-bond donors (Lipinski definition) is 0. The van der Waals surface area contributed by atoms with Gasteiger partial charge in [-0.1, -0.05) is 30.3 Å². The molecule has 4 heteroatoms. The van der Waals surface area contributed by atoms with Crippen molar-refractivity contribution in [1.82, 2.24) is 9.47 Å². The highest BCUT2D eigenvalue weighted by Crippen LogP contribution is 2.28. The summed E-state index contributed by atoms with van der Waals surface area (Å²) in [4.78, 5) is 16.2. The minimum atomic E-state index is 0.0877. The van der Waals surface area contributed by atoms with Crippen molar-refractivity contribution in [2.24, 2.45) is 0 Å². The maximum Gasteiger partial charge on any atom is 0.225 e. The second kappa shape index (κ2) is 6.65. The summed E-state index contributed by atoms with van der Waals surface area (Å²) >= 11 is 1.71. The Balaban J connectivity index is 1.52. The molecule has 3 aromatic rings. The van der Waals surface area contributed by atoms with E-state index in [2.05, 4.69) is 46.3 Å². The van der Waals surface area contributed by atoms with Gasteiger partial charge in [0.2, 0.25) is 5.91 Å². The molecule has 0 N–H and O–H groups in total. The fraction of sp³-hybridized carbons (Fsp3) is 0.250. The third kappa shape index (κ3) is 3.02. The van der Waals surface area contributed by atoms with E-state index in [1.807, 2.05) is 29.4 Å². The molecule has 0 radical (unpaired) electrons. The van der Waals surface area contributed by atoms with Gasteiger partial charge in [0.15, 0.2) is 0 Å². The van der Waals surface area contributed by atoms with E-state index in [-0.39, 0.29) is 11.9 Å². The largest absolute Gasteiger partial charge is 0.346 e. The van der Waals surface area contributed by atoms with Gasteiger partial charge in [0.05, 0.1) is 12.5 Å². The first kappa shape index (κ1) is 15.2. The third-order valence-electron chi connectivity index (χ3n) is 4.71. The number of carbonyl (C=O) groups is 1. The lowest BCUT2D eigenvalue weighted by Crippen LogP contribution is -2.37. The van der Waals surface area contributed by atoms with Crippen LogP contribution in [-0.4, -0.2) is 21.9 Å². The second-order valence-electron chi connectivity index (χ2n) is 6.20. The Morgan fingerprint density at radius 1 is 1.04 bits per heavy atom. The monoisotopic (exact) mass is 336 g/mol. The van der Waals surface area contributed by atoms with E-state index in [0.29, 0.717) is 6.42 Å². The van der Waals surface area contributed by atoms with Crippen LogP contribution in [0.2, 0.25) is 0 Å². The van der Waals surface area contributed by atoms with Crippen molar-refractivity contribution < 1.29 is 4.79 Å². The van der Waals surface area contributed by atoms with Gasteiger partial charge in [-0.2, -0.15) is 0 Å². The number of fused-ring (bicyclic) bond motifs is 1. The molecule has 1 amide bonds. The number of carbonyl (C=O) groups excluding carboxylic acids is 1. The van der Waals surface area contributed by atoms with Crippen LogP contribution in [0.25, 0.3) is 0 Å². The van der Waals surface area contributed by atoms with E-state index in [4.69, 9.17) is 0 Å². The predicted molar refractivity (Wildman–Crippen MR) is 97.1 cm³/mol. The van der Waals surface area contributed by atoms with Crippen molar-refractivity contribution in [2.45, 2.75) is 25.4 Å². The lowest BCUT2D eigenvalue weighted by molar-refractivity contribution is -0.132. The fourth-order valence-corrected chi connectivity index (χ4v) is 4.23. The summed E-state index contributed by atoms with van der Waals surface area (Å²) in [6, 6.07) is 16.7. The van der Waals surface area contributed by atoms with Crippen LogP contribution in [0.4, 0.5) is 0 Å². The first-order chi connectivity index (χ1) is 11.8. The van der Waals surface area contributed by atoms with Crippen LogP contribution in [0.5, 0.6) is 0 Å². The van der Waals surface area contributed by atoms with Crippen molar-refractivity contribution >= 4 is 17.2 Å². The van der Waals surface area contributed by atoms with Gasteiger partial charge in [0, 0.05) is 30.4 Å². The van der Waals surface area contributed by atoms with Gasteiger partial charge >= 0.3 is 0 Å². The molecule has 0 spiro atoms. The highest BCUT2D eigenvalue weighted by Gasteiger charge is 2.25. The van der Waals surface area contributed by atoms with Crippen molar-refractivity contribution in [3.05, 3.63) is 82.3 Å². The molecule has 0 fully saturated rings. The molecular weight excluding hydrogens is 316 g/mol. The Kier molecular flexibility index (Phi) is 4.22. The van der Waals surface area contributed by atoms with Crippen LogP contribution in [0.15, 0.2) is 66.3 Å². The van der Waals surface area contributed by atoms with Crippen LogP contribution in [-0.2, 0) is 17.8 Å². The van der Waals surface area contributed by atoms with E-state index in [9.17, 15) is 4.79 Å². The van der Waals surface area contributed by atoms with Gasteiger partial charge in [-0.3, -0.25) is 4.79 Å². The van der Waals surface area contributed by atoms with Crippen LogP contribution >= 0.6 is 11.3 Å². The van der Waals surface area contributed by atoms with E-state index in [1.165, 1.54) is 16.0 Å². The number of thiophene rings is 1. The number of aromatic nitrogens is 1. The zero-order valence-corrected chi connectivity index (χ0v) is 14.3. The quantitative estimate of drug-likeness (QED) is 0.704. The first-order valence-electron chi connectivity index (χ1n) is 8.31. The van der Waals surface area contributed by atoms with Crippen LogP contribution in [0, 0.1) is 0 Å². The SMILES string of the molecule is O=C(CC(c1cccs1)n1cccc1)N1CCc2ccccc2C1. The van der Waals surface area contributed by atoms with Gasteiger partial charge in [-0.25, -0.2) is 0 Å². The highest BCUT2D eigenvalue weighted by atomic mass is 32.1. The summed E-state index contributed by atoms with van der Waals surface area (Å²) in [6.45, 7) is 1.55. The molecule has 0 aliphatic carbocycles. The van der Waals surface area contributed by atoms with Gasteiger partial charge in [-0.05, 0) is 41.1 Å². The molecule has 3 heterocycles. The second-order valence-corrected chi connectivity index (χ2v) is 7.18. The summed E-state index contributed by atoms with van der Waals surface area (Å²) in [5, 5.41) is 2.08.